The van der Waals surface area contributed by atoms with Gasteiger partial charge in [-0.15, -0.1) is 0 Å². The van der Waals surface area contributed by atoms with Crippen LogP contribution in [0.1, 0.15) is 27.2 Å². The van der Waals surface area contributed by atoms with E-state index in [-0.39, 0.29) is 0 Å². The molecule has 4 nitrogen and oxygen atoms in total. The number of hydrogen-bond acceptors (Lipinski definition) is 3. The number of benzene rings is 1. The minimum atomic E-state index is 0.342. The minimum Gasteiger partial charge on any atom is -0.493 e. The summed E-state index contributed by atoms with van der Waals surface area (Å²) in [5.41, 5.74) is 0. The van der Waals surface area contributed by atoms with Gasteiger partial charge in [0, 0.05) is 6.07 Å². The molecular weight excluding hydrogens is 266 g/mol. The van der Waals surface area contributed by atoms with Gasteiger partial charge in [-0.1, -0.05) is 13.0 Å². The van der Waals surface area contributed by atoms with Crippen molar-refractivity contribution in [2.24, 2.45) is 0 Å². The van der Waals surface area contributed by atoms with Gasteiger partial charge in [0.2, 0.25) is 0 Å². The van der Waals surface area contributed by atoms with Crippen molar-refractivity contribution in [3.8, 4) is 11.5 Å². The molecule has 2 rings (SSSR count). The molecule has 1 aromatic carbocycles. The zero-order valence-corrected chi connectivity index (χ0v) is 13.4. The Balaban J connectivity index is 1.75. The topological polar surface area (TPSA) is 32.1 Å². The molecule has 118 valence electrons. The van der Waals surface area contributed by atoms with Gasteiger partial charge in [0.05, 0.1) is 6.61 Å². The van der Waals surface area contributed by atoms with Crippen molar-refractivity contribution in [1.29, 1.82) is 0 Å². The van der Waals surface area contributed by atoms with Crippen LogP contribution in [0.15, 0.2) is 24.3 Å². The Kier molecular flexibility index (Phi) is 6.33. The number of rotatable bonds is 7. The van der Waals surface area contributed by atoms with Gasteiger partial charge in [-0.25, -0.2) is 0 Å². The Labute approximate surface area is 128 Å². The predicted octanol–water partition coefficient (Wildman–Crippen LogP) is 1.55. The second-order valence-corrected chi connectivity index (χ2v) is 5.84. The fourth-order valence-corrected chi connectivity index (χ4v) is 2.78. The summed E-state index contributed by atoms with van der Waals surface area (Å²) in [6.07, 6.45) is 1.70. The van der Waals surface area contributed by atoms with Crippen LogP contribution >= 0.6 is 0 Å². The quantitative estimate of drug-likeness (QED) is 0.828. The van der Waals surface area contributed by atoms with Gasteiger partial charge in [-0.05, 0) is 32.4 Å². The second-order valence-electron chi connectivity index (χ2n) is 5.84. The van der Waals surface area contributed by atoms with Crippen LogP contribution < -0.4 is 14.4 Å². The third kappa shape index (κ3) is 5.56. The van der Waals surface area contributed by atoms with Crippen molar-refractivity contribution in [3.63, 3.8) is 0 Å². The molecule has 1 heterocycles. The van der Waals surface area contributed by atoms with Crippen LogP contribution in [0.5, 0.6) is 11.5 Å². The fourth-order valence-electron chi connectivity index (χ4n) is 2.78. The van der Waals surface area contributed by atoms with E-state index in [1.165, 1.54) is 0 Å². The van der Waals surface area contributed by atoms with E-state index < -0.39 is 0 Å². The monoisotopic (exact) mass is 294 g/mol. The summed E-state index contributed by atoms with van der Waals surface area (Å²) in [7, 11) is 0. The van der Waals surface area contributed by atoms with Crippen molar-refractivity contribution < 1.29 is 19.1 Å². The van der Waals surface area contributed by atoms with E-state index in [2.05, 4.69) is 20.8 Å². The zero-order valence-electron chi connectivity index (χ0n) is 13.4. The molecule has 2 atom stereocenters. The maximum atomic E-state index is 5.86. The van der Waals surface area contributed by atoms with Gasteiger partial charge in [0.1, 0.15) is 49.9 Å². The van der Waals surface area contributed by atoms with Crippen LogP contribution in [-0.2, 0) is 4.74 Å². The first-order valence-electron chi connectivity index (χ1n) is 8.02. The second kappa shape index (κ2) is 8.25. The van der Waals surface area contributed by atoms with E-state index >= 15 is 0 Å². The van der Waals surface area contributed by atoms with Crippen LogP contribution in [0.2, 0.25) is 0 Å². The SMILES string of the molecule is CCCOc1cccc(OCC[NH+]2C[C@@H](C)O[C@H](C)C2)c1. The van der Waals surface area contributed by atoms with E-state index in [4.69, 9.17) is 14.2 Å². The van der Waals surface area contributed by atoms with Crippen LogP contribution in [0.4, 0.5) is 0 Å². The van der Waals surface area contributed by atoms with E-state index in [1.54, 1.807) is 4.90 Å². The lowest BCUT2D eigenvalue weighted by Gasteiger charge is -2.32. The molecule has 1 N–H and O–H groups in total. The highest BCUT2D eigenvalue weighted by molar-refractivity contribution is 5.32. The van der Waals surface area contributed by atoms with E-state index in [9.17, 15) is 0 Å². The van der Waals surface area contributed by atoms with Gasteiger partial charge in [0.25, 0.3) is 0 Å². The maximum absolute atomic E-state index is 5.86. The molecule has 4 heteroatoms. The van der Waals surface area contributed by atoms with Crippen molar-refractivity contribution >= 4 is 0 Å². The summed E-state index contributed by atoms with van der Waals surface area (Å²) in [6.45, 7) is 11.0. The third-order valence-electron chi connectivity index (χ3n) is 3.62. The molecule has 0 aliphatic carbocycles. The smallest absolute Gasteiger partial charge is 0.137 e. The van der Waals surface area contributed by atoms with E-state index in [0.717, 1.165) is 50.8 Å². The lowest BCUT2D eigenvalue weighted by atomic mass is 10.2. The van der Waals surface area contributed by atoms with Crippen molar-refractivity contribution in [3.05, 3.63) is 24.3 Å². The van der Waals surface area contributed by atoms with E-state index in [1.807, 2.05) is 24.3 Å². The molecule has 1 aromatic rings. The fraction of sp³-hybridized carbons (Fsp3) is 0.647. The zero-order chi connectivity index (χ0) is 15.1. The molecule has 1 aliphatic rings. The molecule has 0 spiro atoms. The van der Waals surface area contributed by atoms with Gasteiger partial charge in [0.15, 0.2) is 0 Å². The summed E-state index contributed by atoms with van der Waals surface area (Å²) >= 11 is 0. The van der Waals surface area contributed by atoms with E-state index in [0.29, 0.717) is 12.2 Å². The largest absolute Gasteiger partial charge is 0.493 e. The highest BCUT2D eigenvalue weighted by Crippen LogP contribution is 2.19. The Morgan fingerprint density at radius 3 is 2.33 bits per heavy atom. The number of hydrogen-bond donors (Lipinski definition) is 1. The molecule has 0 aromatic heterocycles. The molecule has 0 unspecified atom stereocenters. The number of nitrogens with one attached hydrogen (secondary N) is 1. The average molecular weight is 294 g/mol. The average Bonchev–Trinajstić information content (AvgIpc) is 2.44. The first-order valence-corrected chi connectivity index (χ1v) is 8.02. The van der Waals surface area contributed by atoms with Crippen molar-refractivity contribution in [2.45, 2.75) is 39.4 Å². The van der Waals surface area contributed by atoms with Gasteiger partial charge in [-0.3, -0.25) is 0 Å². The Bertz CT molecular complexity index is 414. The molecule has 0 amide bonds. The van der Waals surface area contributed by atoms with Crippen LogP contribution in [0.3, 0.4) is 0 Å². The maximum Gasteiger partial charge on any atom is 0.137 e. The first kappa shape index (κ1) is 16.1. The Morgan fingerprint density at radius 1 is 1.10 bits per heavy atom. The molecule has 1 saturated heterocycles. The molecule has 0 radical (unpaired) electrons. The summed E-state index contributed by atoms with van der Waals surface area (Å²) < 4.78 is 17.2. The lowest BCUT2D eigenvalue weighted by Crippen LogP contribution is -3.16. The summed E-state index contributed by atoms with van der Waals surface area (Å²) in [6, 6.07) is 7.90. The Hall–Kier alpha value is -1.26. The first-order chi connectivity index (χ1) is 10.2. The summed E-state index contributed by atoms with van der Waals surface area (Å²) in [4.78, 5) is 1.56. The van der Waals surface area contributed by atoms with Crippen LogP contribution in [0, 0.1) is 0 Å². The summed E-state index contributed by atoms with van der Waals surface area (Å²) in [5.74, 6) is 1.77. The lowest BCUT2D eigenvalue weighted by molar-refractivity contribution is -0.915. The number of quaternary nitrogens is 1. The summed E-state index contributed by atoms with van der Waals surface area (Å²) in [5, 5.41) is 0. The standard InChI is InChI=1S/C17H27NO3/c1-4-9-19-16-6-5-7-17(11-16)20-10-8-18-12-14(2)21-15(3)13-18/h5-7,11,14-15H,4,8-10,12-13H2,1-3H3/p+1/t14-,15-/m1/s1. The molecule has 0 saturated carbocycles. The van der Waals surface area contributed by atoms with Crippen LogP contribution in [-0.4, -0.2) is 45.1 Å². The molecule has 1 aliphatic heterocycles. The predicted molar refractivity (Wildman–Crippen MR) is 83.3 cm³/mol. The van der Waals surface area contributed by atoms with Crippen molar-refractivity contribution in [2.75, 3.05) is 32.8 Å². The van der Waals surface area contributed by atoms with Gasteiger partial charge >= 0.3 is 0 Å². The molecule has 0 bridgehead atoms. The third-order valence-corrected chi connectivity index (χ3v) is 3.62. The van der Waals surface area contributed by atoms with Crippen LogP contribution in [0.25, 0.3) is 0 Å². The molecular formula is C17H28NO3+. The number of morpholine rings is 1. The Morgan fingerprint density at radius 2 is 1.71 bits per heavy atom. The highest BCUT2D eigenvalue weighted by atomic mass is 16.5. The number of ether oxygens (including phenoxy) is 3. The minimum absolute atomic E-state index is 0.342. The van der Waals surface area contributed by atoms with Gasteiger partial charge < -0.3 is 19.1 Å². The van der Waals surface area contributed by atoms with Gasteiger partial charge in [-0.2, -0.15) is 0 Å². The molecule has 21 heavy (non-hydrogen) atoms. The normalized spacial score (nSPS) is 25.6. The molecule has 1 fully saturated rings. The van der Waals surface area contributed by atoms with Crippen molar-refractivity contribution in [1.82, 2.24) is 0 Å². The highest BCUT2D eigenvalue weighted by Gasteiger charge is 2.25.